The average molecular weight is 813 g/mol. The molecule has 0 spiro atoms. The monoisotopic (exact) mass is 812 g/mol. The van der Waals surface area contributed by atoms with E-state index in [2.05, 4.69) is 13.8 Å². The van der Waals surface area contributed by atoms with Gasteiger partial charge < -0.3 is 50.8 Å². The molecule has 0 amide bonds. The van der Waals surface area contributed by atoms with E-state index < -0.39 is 0 Å². The molecule has 10 nitrogen and oxygen atoms in total. The number of phenols is 4. The van der Waals surface area contributed by atoms with E-state index in [1.165, 1.54) is 12.1 Å². The smallest absolute Gasteiger partial charge is 0.169 e. The fourth-order valence-corrected chi connectivity index (χ4v) is 6.26. The average Bonchev–Trinajstić information content (AvgIpc) is 3.26. The number of hydrogen-bond acceptors (Lipinski definition) is 10. The van der Waals surface area contributed by atoms with E-state index >= 15 is 0 Å². The van der Waals surface area contributed by atoms with Crippen LogP contribution >= 0.6 is 0 Å². The molecule has 8 rings (SSSR count). The lowest BCUT2D eigenvalue weighted by Gasteiger charge is -2.26. The van der Waals surface area contributed by atoms with E-state index in [4.69, 9.17) is 30.4 Å². The molecule has 0 fully saturated rings. The van der Waals surface area contributed by atoms with Gasteiger partial charge in [0.15, 0.2) is 23.0 Å². The Labute approximate surface area is 353 Å². The molecule has 61 heavy (non-hydrogen) atoms. The van der Waals surface area contributed by atoms with Gasteiger partial charge in [-0.05, 0) is 119 Å². The summed E-state index contributed by atoms with van der Waals surface area (Å²) in [4.78, 5) is 0. The zero-order valence-electron chi connectivity index (χ0n) is 33.4. The maximum Gasteiger partial charge on any atom is 0.169 e. The van der Waals surface area contributed by atoms with Gasteiger partial charge >= 0.3 is 0 Å². The summed E-state index contributed by atoms with van der Waals surface area (Å²) < 4.78 is 23.0. The summed E-state index contributed by atoms with van der Waals surface area (Å²) in [6.07, 6.45) is 0. The van der Waals surface area contributed by atoms with Crippen LogP contribution in [0.25, 0.3) is 11.1 Å². The van der Waals surface area contributed by atoms with Gasteiger partial charge in [-0.2, -0.15) is 0 Å². The SMILES string of the molecule is CC(C)(c1ccc(Oc2ccc(N)c(O)c2)cc1)c1ccc(Oc2ccc(N)c(O)c2)cc1.Oc1ccccc1Oc1ccc(-c2ccc(Oc3ccccc3O)cc2)cc1. The lowest BCUT2D eigenvalue weighted by Crippen LogP contribution is -2.18. The molecule has 8 aromatic rings. The highest BCUT2D eigenvalue weighted by Crippen LogP contribution is 2.37. The van der Waals surface area contributed by atoms with Crippen molar-refractivity contribution >= 4 is 11.4 Å². The van der Waals surface area contributed by atoms with Crippen molar-refractivity contribution in [2.24, 2.45) is 0 Å². The number of phenolic OH excluding ortho intramolecular Hbond substituents is 4. The first-order valence-corrected chi connectivity index (χ1v) is 19.3. The first kappa shape index (κ1) is 40.9. The Morgan fingerprint density at radius 3 is 1.00 bits per heavy atom. The third kappa shape index (κ3) is 10.3. The Hall–Kier alpha value is -8.24. The molecule has 0 radical (unpaired) electrons. The van der Waals surface area contributed by atoms with Crippen LogP contribution in [0.2, 0.25) is 0 Å². The van der Waals surface area contributed by atoms with Gasteiger partial charge in [-0.3, -0.25) is 0 Å². The quantitative estimate of drug-likeness (QED) is 0.0546. The highest BCUT2D eigenvalue weighted by atomic mass is 16.5. The van der Waals surface area contributed by atoms with E-state index in [0.29, 0.717) is 57.4 Å². The number of rotatable bonds is 11. The Balaban J connectivity index is 0.000000186. The predicted octanol–water partition coefficient (Wildman–Crippen LogP) is 12.5. The van der Waals surface area contributed by atoms with E-state index in [1.807, 2.05) is 109 Å². The van der Waals surface area contributed by atoms with Crippen LogP contribution in [0.4, 0.5) is 11.4 Å². The van der Waals surface area contributed by atoms with Crippen LogP contribution in [-0.2, 0) is 5.41 Å². The summed E-state index contributed by atoms with van der Waals surface area (Å²) in [6, 6.07) is 54.2. The molecule has 0 atom stereocenters. The van der Waals surface area contributed by atoms with Crippen LogP contribution in [0.5, 0.6) is 69.0 Å². The van der Waals surface area contributed by atoms with Crippen molar-refractivity contribution in [3.63, 3.8) is 0 Å². The third-order valence-corrected chi connectivity index (χ3v) is 9.86. The molecule has 8 aromatic carbocycles. The van der Waals surface area contributed by atoms with Crippen molar-refractivity contribution in [3.8, 4) is 80.1 Å². The number of nitrogen functional groups attached to an aromatic ring is 2. The molecular formula is C51H44N2O8. The van der Waals surface area contributed by atoms with Crippen LogP contribution < -0.4 is 30.4 Å². The van der Waals surface area contributed by atoms with Crippen molar-refractivity contribution in [1.29, 1.82) is 0 Å². The molecule has 8 N–H and O–H groups in total. The number of hydrogen-bond donors (Lipinski definition) is 6. The lowest BCUT2D eigenvalue weighted by molar-refractivity contribution is 0.411. The zero-order chi connectivity index (χ0) is 42.9. The number of anilines is 2. The van der Waals surface area contributed by atoms with Gasteiger partial charge in [0.2, 0.25) is 0 Å². The highest BCUT2D eigenvalue weighted by Gasteiger charge is 2.23. The number of ether oxygens (including phenoxy) is 4. The van der Waals surface area contributed by atoms with Gasteiger partial charge in [0.1, 0.15) is 46.0 Å². The maximum absolute atomic E-state index is 9.80. The maximum atomic E-state index is 9.80. The van der Waals surface area contributed by atoms with Crippen molar-refractivity contribution in [3.05, 3.63) is 193 Å². The van der Waals surface area contributed by atoms with Gasteiger partial charge in [0.25, 0.3) is 0 Å². The van der Waals surface area contributed by atoms with Crippen molar-refractivity contribution in [2.75, 3.05) is 11.5 Å². The van der Waals surface area contributed by atoms with Crippen LogP contribution in [0.1, 0.15) is 25.0 Å². The Kier molecular flexibility index (Phi) is 12.2. The van der Waals surface area contributed by atoms with E-state index in [9.17, 15) is 20.4 Å². The normalized spacial score (nSPS) is 10.9. The Morgan fingerprint density at radius 2 is 0.656 bits per heavy atom. The van der Waals surface area contributed by atoms with Crippen LogP contribution in [0, 0.1) is 0 Å². The summed E-state index contributed by atoms with van der Waals surface area (Å²) >= 11 is 0. The van der Waals surface area contributed by atoms with Crippen LogP contribution in [0.15, 0.2) is 182 Å². The largest absolute Gasteiger partial charge is 0.506 e. The first-order chi connectivity index (χ1) is 29.4. The second-order valence-corrected chi connectivity index (χ2v) is 14.5. The summed E-state index contributed by atoms with van der Waals surface area (Å²) in [5.41, 5.74) is 15.9. The third-order valence-electron chi connectivity index (χ3n) is 9.86. The summed E-state index contributed by atoms with van der Waals surface area (Å²) in [7, 11) is 0. The molecule has 306 valence electrons. The molecule has 0 aromatic heterocycles. The lowest BCUT2D eigenvalue weighted by atomic mass is 9.78. The molecule has 0 heterocycles. The Bertz CT molecular complexity index is 2530. The molecular weight excluding hydrogens is 769 g/mol. The second-order valence-electron chi connectivity index (χ2n) is 14.5. The van der Waals surface area contributed by atoms with Gasteiger partial charge in [0, 0.05) is 17.5 Å². The van der Waals surface area contributed by atoms with Crippen molar-refractivity contribution < 1.29 is 39.4 Å². The summed E-state index contributed by atoms with van der Waals surface area (Å²) in [5.74, 6) is 4.66. The van der Waals surface area contributed by atoms with Gasteiger partial charge in [0.05, 0.1) is 11.4 Å². The topological polar surface area (TPSA) is 170 Å². The minimum atomic E-state index is -0.254. The van der Waals surface area contributed by atoms with Gasteiger partial charge in [-0.15, -0.1) is 0 Å². The fraction of sp³-hybridized carbons (Fsp3) is 0.0588. The minimum Gasteiger partial charge on any atom is -0.506 e. The van der Waals surface area contributed by atoms with Crippen molar-refractivity contribution in [1.82, 2.24) is 0 Å². The molecule has 0 bridgehead atoms. The molecule has 0 aliphatic rings. The number of benzene rings is 8. The molecule has 0 aliphatic heterocycles. The highest BCUT2D eigenvalue weighted by molar-refractivity contribution is 5.65. The fourth-order valence-electron chi connectivity index (χ4n) is 6.26. The van der Waals surface area contributed by atoms with Gasteiger partial charge in [-0.1, -0.05) is 86.6 Å². The van der Waals surface area contributed by atoms with Gasteiger partial charge in [-0.25, -0.2) is 0 Å². The molecule has 0 saturated heterocycles. The Morgan fingerprint density at radius 1 is 0.344 bits per heavy atom. The van der Waals surface area contributed by atoms with E-state index in [0.717, 1.165) is 22.3 Å². The molecule has 0 saturated carbocycles. The zero-order valence-corrected chi connectivity index (χ0v) is 33.4. The van der Waals surface area contributed by atoms with Crippen LogP contribution in [0.3, 0.4) is 0 Å². The standard InChI is InChI=1S/C27H26N2O4.C24H18O4/c1-27(2,17-3-7-19(8-4-17)32-21-11-13-23(28)25(30)15-21)18-5-9-20(10-6-18)33-22-12-14-24(29)26(31)16-22;25-21-5-1-3-7-23(21)27-19-13-9-17(10-14-19)18-11-15-20(16-12-18)28-24-8-4-2-6-22(24)26/h3-16,30-31H,28-29H2,1-2H3;1-16,25-26H. The predicted molar refractivity (Wildman–Crippen MR) is 238 cm³/mol. The van der Waals surface area contributed by atoms with E-state index in [1.54, 1.807) is 60.7 Å². The first-order valence-electron chi connectivity index (χ1n) is 19.3. The molecule has 0 aliphatic carbocycles. The molecule has 0 unspecified atom stereocenters. The molecule has 10 heteroatoms. The summed E-state index contributed by atoms with van der Waals surface area (Å²) in [6.45, 7) is 4.30. The van der Waals surface area contributed by atoms with Crippen molar-refractivity contribution in [2.45, 2.75) is 19.3 Å². The number of para-hydroxylation sites is 4. The number of aromatic hydroxyl groups is 4. The van der Waals surface area contributed by atoms with E-state index in [-0.39, 0.29) is 28.4 Å². The minimum absolute atomic E-state index is 0.00845. The second kappa shape index (κ2) is 18.1. The summed E-state index contributed by atoms with van der Waals surface area (Å²) in [5, 5.41) is 39.1. The number of nitrogens with two attached hydrogens (primary N) is 2. The van der Waals surface area contributed by atoms with Crippen LogP contribution in [-0.4, -0.2) is 20.4 Å².